The first kappa shape index (κ1) is 11.7. The maximum Gasteiger partial charge on any atom is 0.236 e. The minimum atomic E-state index is -0.910. The zero-order valence-electron chi connectivity index (χ0n) is 9.50. The van der Waals surface area contributed by atoms with Gasteiger partial charge in [0, 0.05) is 11.3 Å². The lowest BCUT2D eigenvalue weighted by molar-refractivity contribution is -0.116. The summed E-state index contributed by atoms with van der Waals surface area (Å²) in [7, 11) is 0. The van der Waals surface area contributed by atoms with Crippen LogP contribution in [0.5, 0.6) is 0 Å². The second kappa shape index (κ2) is 4.39. The fraction of sp³-hybridized carbons (Fsp3) is 0.308. The Kier molecular flexibility index (Phi) is 2.86. The molecule has 18 heavy (non-hydrogen) atoms. The second-order valence-corrected chi connectivity index (χ2v) is 5.39. The second-order valence-electron chi connectivity index (χ2n) is 4.41. The van der Waals surface area contributed by atoms with E-state index in [-0.39, 0.29) is 11.5 Å². The van der Waals surface area contributed by atoms with Gasteiger partial charge in [-0.25, -0.2) is 8.78 Å². The number of benzene rings is 1. The van der Waals surface area contributed by atoms with E-state index in [1.807, 2.05) is 5.41 Å². The predicted molar refractivity (Wildman–Crippen MR) is 67.5 cm³/mol. The van der Waals surface area contributed by atoms with Crippen LogP contribution < -0.4 is 5.32 Å². The van der Waals surface area contributed by atoms with E-state index in [0.717, 1.165) is 30.2 Å². The Morgan fingerprint density at radius 1 is 1.33 bits per heavy atom. The number of anilines is 1. The topological polar surface area (TPSA) is 29.1 Å². The summed E-state index contributed by atoms with van der Waals surface area (Å²) in [5.41, 5.74) is 1.43. The molecule has 2 aliphatic rings. The molecule has 1 amide bonds. The van der Waals surface area contributed by atoms with Crippen LogP contribution in [0.3, 0.4) is 0 Å². The van der Waals surface area contributed by atoms with Crippen LogP contribution in [0.15, 0.2) is 23.1 Å². The number of thioether (sulfide) groups is 1. The van der Waals surface area contributed by atoms with E-state index in [1.165, 1.54) is 6.07 Å². The van der Waals surface area contributed by atoms with Crippen molar-refractivity contribution in [1.29, 1.82) is 0 Å². The van der Waals surface area contributed by atoms with Gasteiger partial charge in [0.1, 0.15) is 0 Å². The molecule has 0 saturated carbocycles. The van der Waals surface area contributed by atoms with Crippen molar-refractivity contribution in [1.82, 2.24) is 0 Å². The van der Waals surface area contributed by atoms with Gasteiger partial charge in [-0.3, -0.25) is 4.79 Å². The molecular formula is C13H11F2NOS. The number of rotatable bonds is 1. The highest BCUT2D eigenvalue weighted by molar-refractivity contribution is 8.02. The number of nitrogens with one attached hydrogen (secondary N) is 1. The van der Waals surface area contributed by atoms with E-state index in [0.29, 0.717) is 5.69 Å². The number of fused-ring (bicyclic) bond motifs is 1. The van der Waals surface area contributed by atoms with E-state index in [9.17, 15) is 13.6 Å². The molecule has 0 radical (unpaired) electrons. The molecule has 0 fully saturated rings. The van der Waals surface area contributed by atoms with Crippen LogP contribution in [-0.2, 0) is 4.79 Å². The Morgan fingerprint density at radius 2 is 2.17 bits per heavy atom. The first-order chi connectivity index (χ1) is 8.68. The molecule has 2 aliphatic heterocycles. The number of hydrogen-bond acceptors (Lipinski definition) is 2. The molecular weight excluding hydrogens is 256 g/mol. The molecule has 0 bridgehead atoms. The van der Waals surface area contributed by atoms with Crippen molar-refractivity contribution in [2.75, 3.05) is 11.1 Å². The summed E-state index contributed by atoms with van der Waals surface area (Å²) in [6.45, 7) is 0. The molecule has 0 saturated heterocycles. The van der Waals surface area contributed by atoms with E-state index >= 15 is 0 Å². The molecule has 94 valence electrons. The highest BCUT2D eigenvalue weighted by Crippen LogP contribution is 2.43. The molecule has 0 aromatic heterocycles. The van der Waals surface area contributed by atoms with Gasteiger partial charge in [-0.2, -0.15) is 0 Å². The lowest BCUT2D eigenvalue weighted by Crippen LogP contribution is -2.16. The summed E-state index contributed by atoms with van der Waals surface area (Å²) in [5, 5.41) is 4.53. The fourth-order valence-electron chi connectivity index (χ4n) is 2.44. The lowest BCUT2D eigenvalue weighted by atomic mass is 9.90. The molecule has 1 N–H and O–H groups in total. The molecule has 5 heteroatoms. The predicted octanol–water partition coefficient (Wildman–Crippen LogP) is 3.41. The summed E-state index contributed by atoms with van der Waals surface area (Å²) in [6.07, 6.45) is 1.73. The van der Waals surface area contributed by atoms with Crippen molar-refractivity contribution in [3.05, 3.63) is 40.3 Å². The Balaban J connectivity index is 2.10. The zero-order valence-corrected chi connectivity index (χ0v) is 10.3. The van der Waals surface area contributed by atoms with Gasteiger partial charge in [-0.1, -0.05) is 0 Å². The molecule has 2 heterocycles. The minimum absolute atomic E-state index is 0.161. The average molecular weight is 267 g/mol. The first-order valence-electron chi connectivity index (χ1n) is 5.78. The van der Waals surface area contributed by atoms with Gasteiger partial charge in [0.05, 0.1) is 5.92 Å². The number of hydrogen-bond donors (Lipinski definition) is 1. The van der Waals surface area contributed by atoms with Crippen LogP contribution in [0.2, 0.25) is 0 Å². The molecule has 1 aromatic rings. The monoisotopic (exact) mass is 267 g/mol. The van der Waals surface area contributed by atoms with Gasteiger partial charge < -0.3 is 5.32 Å². The van der Waals surface area contributed by atoms with Crippen molar-refractivity contribution in [3.63, 3.8) is 0 Å². The Morgan fingerprint density at radius 3 is 2.89 bits per heavy atom. The normalized spacial score (nSPS) is 22.4. The summed E-state index contributed by atoms with van der Waals surface area (Å²) in [4.78, 5) is 11.9. The molecule has 3 rings (SSSR count). The SMILES string of the molecule is O=C1Nc2ccc(F)c(F)c2C1C1=CSCCC1. The first-order valence-corrected chi connectivity index (χ1v) is 6.82. The number of halogens is 2. The summed E-state index contributed by atoms with van der Waals surface area (Å²) in [5.74, 6) is -1.73. The number of carbonyl (C=O) groups is 1. The molecule has 2 nitrogen and oxygen atoms in total. The van der Waals surface area contributed by atoms with Crippen LogP contribution in [0, 0.1) is 11.6 Å². The largest absolute Gasteiger partial charge is 0.325 e. The summed E-state index contributed by atoms with van der Waals surface area (Å²) >= 11 is 1.62. The maximum atomic E-state index is 13.9. The van der Waals surface area contributed by atoms with Gasteiger partial charge in [0.15, 0.2) is 11.6 Å². The van der Waals surface area contributed by atoms with Gasteiger partial charge in [-0.15, -0.1) is 11.8 Å². The molecule has 0 spiro atoms. The Hall–Kier alpha value is -1.36. The zero-order chi connectivity index (χ0) is 12.7. The van der Waals surface area contributed by atoms with Crippen LogP contribution in [-0.4, -0.2) is 11.7 Å². The van der Waals surface area contributed by atoms with Crippen LogP contribution >= 0.6 is 11.8 Å². The van der Waals surface area contributed by atoms with Gasteiger partial charge >= 0.3 is 0 Å². The standard InChI is InChI=1S/C13H11F2NOS/c14-8-3-4-9-11(12(8)15)10(13(17)16-9)7-2-1-5-18-6-7/h3-4,6,10H,1-2,5H2,(H,16,17). The average Bonchev–Trinajstić information content (AvgIpc) is 2.72. The van der Waals surface area contributed by atoms with Crippen LogP contribution in [0.25, 0.3) is 0 Å². The summed E-state index contributed by atoms with van der Waals surface area (Å²) in [6, 6.07) is 2.46. The summed E-state index contributed by atoms with van der Waals surface area (Å²) < 4.78 is 27.2. The van der Waals surface area contributed by atoms with E-state index in [4.69, 9.17) is 0 Å². The smallest absolute Gasteiger partial charge is 0.236 e. The maximum absolute atomic E-state index is 13.9. The number of amides is 1. The van der Waals surface area contributed by atoms with Gasteiger partial charge in [-0.05, 0) is 41.7 Å². The molecule has 1 aromatic carbocycles. The van der Waals surface area contributed by atoms with Gasteiger partial charge in [0.2, 0.25) is 5.91 Å². The third-order valence-corrected chi connectivity index (χ3v) is 4.27. The van der Waals surface area contributed by atoms with Gasteiger partial charge in [0.25, 0.3) is 0 Å². The molecule has 1 atom stereocenters. The molecule has 0 aliphatic carbocycles. The third-order valence-electron chi connectivity index (χ3n) is 3.27. The molecule has 1 unspecified atom stereocenters. The van der Waals surface area contributed by atoms with Crippen molar-refractivity contribution < 1.29 is 13.6 Å². The van der Waals surface area contributed by atoms with Crippen LogP contribution in [0.4, 0.5) is 14.5 Å². The van der Waals surface area contributed by atoms with Crippen molar-refractivity contribution >= 4 is 23.4 Å². The van der Waals surface area contributed by atoms with Crippen molar-refractivity contribution in [2.45, 2.75) is 18.8 Å². The Bertz CT molecular complexity index is 556. The minimum Gasteiger partial charge on any atom is -0.325 e. The van der Waals surface area contributed by atoms with E-state index in [1.54, 1.807) is 11.8 Å². The van der Waals surface area contributed by atoms with Crippen molar-refractivity contribution in [3.8, 4) is 0 Å². The van der Waals surface area contributed by atoms with E-state index in [2.05, 4.69) is 5.32 Å². The quantitative estimate of drug-likeness (QED) is 0.844. The fourth-order valence-corrected chi connectivity index (χ4v) is 3.34. The highest BCUT2D eigenvalue weighted by Gasteiger charge is 2.37. The highest BCUT2D eigenvalue weighted by atomic mass is 32.2. The third kappa shape index (κ3) is 1.73. The number of carbonyl (C=O) groups excluding carboxylic acids is 1. The van der Waals surface area contributed by atoms with Crippen LogP contribution in [0.1, 0.15) is 24.3 Å². The van der Waals surface area contributed by atoms with E-state index < -0.39 is 17.6 Å². The van der Waals surface area contributed by atoms with Crippen molar-refractivity contribution in [2.24, 2.45) is 0 Å². The lowest BCUT2D eigenvalue weighted by Gasteiger charge is -2.17. The Labute approximate surface area is 107 Å².